The molecule has 0 amide bonds. The molecule has 1 atom stereocenters. The Balaban J connectivity index is 2.80. The van der Waals surface area contributed by atoms with Gasteiger partial charge in [0, 0.05) is 18.2 Å². The molecule has 1 aromatic rings. The van der Waals surface area contributed by atoms with Crippen molar-refractivity contribution in [2.24, 2.45) is 5.73 Å². The van der Waals surface area contributed by atoms with Crippen molar-refractivity contribution >= 4 is 0 Å². The Morgan fingerprint density at radius 2 is 2.20 bits per heavy atom. The molecule has 1 unspecified atom stereocenters. The van der Waals surface area contributed by atoms with Gasteiger partial charge in [-0.15, -0.1) is 0 Å². The first-order valence-electron chi connectivity index (χ1n) is 4.25. The highest BCUT2D eigenvalue weighted by Crippen LogP contribution is 2.24. The number of ether oxygens (including phenoxy) is 1. The van der Waals surface area contributed by atoms with Gasteiger partial charge in [-0.2, -0.15) is 13.2 Å². The molecule has 0 aliphatic carbocycles. The van der Waals surface area contributed by atoms with Crippen molar-refractivity contribution in [2.75, 3.05) is 7.11 Å². The molecule has 0 bridgehead atoms. The molecule has 0 saturated heterocycles. The molecule has 3 nitrogen and oxygen atoms in total. The van der Waals surface area contributed by atoms with Gasteiger partial charge in [0.15, 0.2) is 0 Å². The molecule has 6 heteroatoms. The second kappa shape index (κ2) is 4.48. The number of nitrogens with zero attached hydrogens (tertiary/aromatic N) is 1. The maximum absolute atomic E-state index is 12.2. The van der Waals surface area contributed by atoms with E-state index in [4.69, 9.17) is 10.5 Å². The monoisotopic (exact) mass is 220 g/mol. The molecule has 0 aliphatic rings. The van der Waals surface area contributed by atoms with Crippen LogP contribution >= 0.6 is 0 Å². The van der Waals surface area contributed by atoms with Crippen molar-refractivity contribution in [3.63, 3.8) is 0 Å². The number of hydrogen-bond donors (Lipinski definition) is 1. The van der Waals surface area contributed by atoms with Gasteiger partial charge in [0.1, 0.15) is 6.04 Å². The highest BCUT2D eigenvalue weighted by molar-refractivity contribution is 5.26. The number of aromatic nitrogens is 1. The zero-order valence-electron chi connectivity index (χ0n) is 8.08. The molecule has 0 aromatic carbocycles. The summed E-state index contributed by atoms with van der Waals surface area (Å²) in [4.78, 5) is 3.79. The topological polar surface area (TPSA) is 48.1 Å². The lowest BCUT2D eigenvalue weighted by Crippen LogP contribution is -2.39. The first-order chi connectivity index (χ1) is 6.95. The van der Waals surface area contributed by atoms with Crippen LogP contribution in [0.2, 0.25) is 0 Å². The fourth-order valence-corrected chi connectivity index (χ4v) is 1.12. The molecule has 84 valence electrons. The summed E-state index contributed by atoms with van der Waals surface area (Å²) in [6.07, 6.45) is -3.29. The standard InChI is InChI=1S/C9H11F3N2O/c1-15-8-6(3-2-4-14-8)5-7(13)9(10,11)12/h2-4,7H,5,13H2,1H3. The number of hydrogen-bond acceptors (Lipinski definition) is 3. The van der Waals surface area contributed by atoms with Crippen LogP contribution in [0.3, 0.4) is 0 Å². The minimum absolute atomic E-state index is 0.178. The molecule has 0 fully saturated rings. The Hall–Kier alpha value is -1.30. The van der Waals surface area contributed by atoms with E-state index >= 15 is 0 Å². The summed E-state index contributed by atoms with van der Waals surface area (Å²) < 4.78 is 41.4. The number of methoxy groups -OCH3 is 1. The number of pyridine rings is 1. The van der Waals surface area contributed by atoms with E-state index in [1.165, 1.54) is 19.4 Å². The summed E-state index contributed by atoms with van der Waals surface area (Å²) in [5.41, 5.74) is 5.35. The normalized spacial score (nSPS) is 13.7. The van der Waals surface area contributed by atoms with Gasteiger partial charge >= 0.3 is 6.18 Å². The molecule has 2 N–H and O–H groups in total. The molecule has 1 heterocycles. The maximum atomic E-state index is 12.2. The molecule has 0 saturated carbocycles. The molecular weight excluding hydrogens is 209 g/mol. The fourth-order valence-electron chi connectivity index (χ4n) is 1.12. The van der Waals surface area contributed by atoms with Gasteiger partial charge in [0.25, 0.3) is 0 Å². The van der Waals surface area contributed by atoms with Gasteiger partial charge in [-0.1, -0.05) is 6.07 Å². The molecule has 0 aliphatic heterocycles. The summed E-state index contributed by atoms with van der Waals surface area (Å²) in [6.45, 7) is 0. The van der Waals surface area contributed by atoms with Gasteiger partial charge in [-0.3, -0.25) is 0 Å². The van der Waals surface area contributed by atoms with Gasteiger partial charge in [0.05, 0.1) is 7.11 Å². The van der Waals surface area contributed by atoms with Crippen molar-refractivity contribution in [3.05, 3.63) is 23.9 Å². The van der Waals surface area contributed by atoms with E-state index in [9.17, 15) is 13.2 Å². The van der Waals surface area contributed by atoms with Crippen LogP contribution < -0.4 is 10.5 Å². The van der Waals surface area contributed by atoms with Gasteiger partial charge < -0.3 is 10.5 Å². The van der Waals surface area contributed by atoms with Crippen molar-refractivity contribution in [1.29, 1.82) is 0 Å². The van der Waals surface area contributed by atoms with Crippen LogP contribution in [-0.2, 0) is 6.42 Å². The molecule has 0 radical (unpaired) electrons. The first-order valence-corrected chi connectivity index (χ1v) is 4.25. The van der Waals surface area contributed by atoms with E-state index in [0.29, 0.717) is 5.56 Å². The van der Waals surface area contributed by atoms with E-state index in [2.05, 4.69) is 4.98 Å². The van der Waals surface area contributed by atoms with E-state index < -0.39 is 12.2 Å². The van der Waals surface area contributed by atoms with E-state index in [0.717, 1.165) is 0 Å². The smallest absolute Gasteiger partial charge is 0.403 e. The summed E-state index contributed by atoms with van der Waals surface area (Å²) in [5, 5.41) is 0. The zero-order chi connectivity index (χ0) is 11.5. The highest BCUT2D eigenvalue weighted by Gasteiger charge is 2.37. The maximum Gasteiger partial charge on any atom is 0.403 e. The van der Waals surface area contributed by atoms with Crippen LogP contribution in [-0.4, -0.2) is 24.3 Å². The van der Waals surface area contributed by atoms with Crippen LogP contribution in [0, 0.1) is 0 Å². The summed E-state index contributed by atoms with van der Waals surface area (Å²) in [6, 6.07) is 1.16. The highest BCUT2D eigenvalue weighted by atomic mass is 19.4. The lowest BCUT2D eigenvalue weighted by Gasteiger charge is -2.16. The number of nitrogens with two attached hydrogens (primary N) is 1. The van der Waals surface area contributed by atoms with Gasteiger partial charge in [-0.25, -0.2) is 4.98 Å². The van der Waals surface area contributed by atoms with Gasteiger partial charge in [-0.05, 0) is 6.07 Å². The Morgan fingerprint density at radius 3 is 2.73 bits per heavy atom. The third kappa shape index (κ3) is 3.09. The number of rotatable bonds is 3. The lowest BCUT2D eigenvalue weighted by molar-refractivity contribution is -0.147. The average molecular weight is 220 g/mol. The van der Waals surface area contributed by atoms with Crippen LogP contribution in [0.5, 0.6) is 5.88 Å². The third-order valence-electron chi connectivity index (χ3n) is 1.90. The SMILES string of the molecule is COc1ncccc1CC(N)C(F)(F)F. The quantitative estimate of drug-likeness (QED) is 0.840. The largest absolute Gasteiger partial charge is 0.481 e. The van der Waals surface area contributed by atoms with Gasteiger partial charge in [0.2, 0.25) is 5.88 Å². The summed E-state index contributed by atoms with van der Waals surface area (Å²) in [7, 11) is 1.35. The van der Waals surface area contributed by atoms with Crippen molar-refractivity contribution in [1.82, 2.24) is 4.98 Å². The molecule has 0 spiro atoms. The third-order valence-corrected chi connectivity index (χ3v) is 1.90. The summed E-state index contributed by atoms with van der Waals surface area (Å²) in [5.74, 6) is 0.178. The first kappa shape index (κ1) is 11.8. The lowest BCUT2D eigenvalue weighted by atomic mass is 10.1. The Morgan fingerprint density at radius 1 is 1.53 bits per heavy atom. The van der Waals surface area contributed by atoms with Crippen molar-refractivity contribution < 1.29 is 17.9 Å². The molecule has 1 rings (SSSR count). The Kier molecular flexibility index (Phi) is 3.52. The minimum atomic E-state index is -4.40. The number of halogens is 3. The van der Waals surface area contributed by atoms with E-state index in [1.807, 2.05) is 0 Å². The van der Waals surface area contributed by atoms with Crippen molar-refractivity contribution in [3.8, 4) is 5.88 Å². The predicted octanol–water partition coefficient (Wildman–Crippen LogP) is 1.52. The predicted molar refractivity (Wildman–Crippen MR) is 48.5 cm³/mol. The average Bonchev–Trinajstić information content (AvgIpc) is 2.17. The Labute approximate surface area is 85.1 Å². The van der Waals surface area contributed by atoms with Crippen molar-refractivity contribution in [2.45, 2.75) is 18.6 Å². The van der Waals surface area contributed by atoms with E-state index in [1.54, 1.807) is 6.07 Å². The van der Waals surface area contributed by atoms with Crippen LogP contribution in [0.25, 0.3) is 0 Å². The molecular formula is C9H11F3N2O. The second-order valence-electron chi connectivity index (χ2n) is 3.02. The fraction of sp³-hybridized carbons (Fsp3) is 0.444. The van der Waals surface area contributed by atoms with Crippen LogP contribution in [0.15, 0.2) is 18.3 Å². The van der Waals surface area contributed by atoms with Crippen LogP contribution in [0.1, 0.15) is 5.56 Å². The van der Waals surface area contributed by atoms with E-state index in [-0.39, 0.29) is 12.3 Å². The minimum Gasteiger partial charge on any atom is -0.481 e. The second-order valence-corrected chi connectivity index (χ2v) is 3.02. The number of alkyl halides is 3. The Bertz CT molecular complexity index is 327. The zero-order valence-corrected chi connectivity index (χ0v) is 8.08. The van der Waals surface area contributed by atoms with Crippen LogP contribution in [0.4, 0.5) is 13.2 Å². The molecule has 15 heavy (non-hydrogen) atoms. The molecule has 1 aromatic heterocycles. The summed E-state index contributed by atoms with van der Waals surface area (Å²) >= 11 is 0.